The van der Waals surface area contributed by atoms with Crippen LogP contribution >= 0.6 is 0 Å². The molecule has 2 aliphatic rings. The Bertz CT molecular complexity index is 592. The number of hydrogen-bond acceptors (Lipinski definition) is 4. The SMILES string of the molecule is O=S1(=O)N=CN(CC2CCNCC2)c2ccccc21. The Morgan fingerprint density at radius 1 is 1.26 bits per heavy atom. The summed E-state index contributed by atoms with van der Waals surface area (Å²) >= 11 is 0. The summed E-state index contributed by atoms with van der Waals surface area (Å²) in [6.45, 7) is 2.91. The molecule has 0 saturated carbocycles. The molecular weight excluding hydrogens is 262 g/mol. The van der Waals surface area contributed by atoms with E-state index in [-0.39, 0.29) is 0 Å². The highest BCUT2D eigenvalue weighted by molar-refractivity contribution is 7.90. The number of hydrogen-bond donors (Lipinski definition) is 1. The van der Waals surface area contributed by atoms with E-state index < -0.39 is 10.0 Å². The molecule has 1 saturated heterocycles. The first-order chi connectivity index (χ1) is 9.17. The van der Waals surface area contributed by atoms with E-state index in [9.17, 15) is 8.42 Å². The van der Waals surface area contributed by atoms with E-state index in [0.29, 0.717) is 10.8 Å². The summed E-state index contributed by atoms with van der Waals surface area (Å²) in [6, 6.07) is 7.07. The van der Waals surface area contributed by atoms with Gasteiger partial charge in [0.1, 0.15) is 11.2 Å². The quantitative estimate of drug-likeness (QED) is 0.884. The Morgan fingerprint density at radius 2 is 2.00 bits per heavy atom. The highest BCUT2D eigenvalue weighted by Gasteiger charge is 2.26. The molecule has 0 spiro atoms. The molecule has 6 heteroatoms. The van der Waals surface area contributed by atoms with Crippen LogP contribution in [0.15, 0.2) is 33.6 Å². The van der Waals surface area contributed by atoms with Gasteiger partial charge in [0.2, 0.25) is 0 Å². The second-order valence-corrected chi connectivity index (χ2v) is 6.61. The average molecular weight is 279 g/mol. The lowest BCUT2D eigenvalue weighted by Crippen LogP contribution is -2.37. The fraction of sp³-hybridized carbons (Fsp3) is 0.462. The lowest BCUT2D eigenvalue weighted by molar-refractivity contribution is 0.382. The van der Waals surface area contributed by atoms with E-state index in [1.165, 1.54) is 6.34 Å². The Morgan fingerprint density at radius 3 is 2.79 bits per heavy atom. The predicted octanol–water partition coefficient (Wildman–Crippen LogP) is 1.22. The van der Waals surface area contributed by atoms with Gasteiger partial charge in [-0.25, -0.2) is 0 Å². The van der Waals surface area contributed by atoms with Crippen LogP contribution in [0.25, 0.3) is 0 Å². The topological polar surface area (TPSA) is 61.8 Å². The lowest BCUT2D eigenvalue weighted by atomic mass is 9.97. The highest BCUT2D eigenvalue weighted by Crippen LogP contribution is 2.30. The van der Waals surface area contributed by atoms with Gasteiger partial charge in [0.15, 0.2) is 0 Å². The predicted molar refractivity (Wildman–Crippen MR) is 75.1 cm³/mol. The Hall–Kier alpha value is -1.40. The van der Waals surface area contributed by atoms with Gasteiger partial charge in [-0.15, -0.1) is 4.40 Å². The van der Waals surface area contributed by atoms with Crippen molar-refractivity contribution in [2.24, 2.45) is 10.3 Å². The van der Waals surface area contributed by atoms with Crippen LogP contribution in [0.5, 0.6) is 0 Å². The van der Waals surface area contributed by atoms with Crippen molar-refractivity contribution in [2.45, 2.75) is 17.7 Å². The number of nitrogens with zero attached hydrogens (tertiary/aromatic N) is 2. The Balaban J connectivity index is 1.87. The second-order valence-electron chi connectivity index (χ2n) is 5.01. The van der Waals surface area contributed by atoms with Crippen molar-refractivity contribution in [3.05, 3.63) is 24.3 Å². The molecule has 0 atom stereocenters. The Kier molecular flexibility index (Phi) is 3.28. The van der Waals surface area contributed by atoms with E-state index >= 15 is 0 Å². The first-order valence-electron chi connectivity index (χ1n) is 6.54. The van der Waals surface area contributed by atoms with Gasteiger partial charge in [0.05, 0.1) is 5.69 Å². The first kappa shape index (κ1) is 12.6. The standard InChI is InChI=1S/C13H17N3O2S/c17-19(18)13-4-2-1-3-12(13)16(10-15-19)9-11-5-7-14-8-6-11/h1-4,10-11,14H,5-9H2. The fourth-order valence-corrected chi connectivity index (χ4v) is 3.69. The molecule has 0 aromatic heterocycles. The maximum atomic E-state index is 11.9. The van der Waals surface area contributed by atoms with Crippen molar-refractivity contribution in [1.82, 2.24) is 5.32 Å². The third-order valence-corrected chi connectivity index (χ3v) is 4.96. The molecule has 5 nitrogen and oxygen atoms in total. The molecule has 0 unspecified atom stereocenters. The number of para-hydroxylation sites is 1. The minimum absolute atomic E-state index is 0.312. The molecule has 2 aliphatic heterocycles. The number of anilines is 1. The monoisotopic (exact) mass is 279 g/mol. The van der Waals surface area contributed by atoms with E-state index in [0.717, 1.165) is 38.2 Å². The molecule has 102 valence electrons. The number of piperidine rings is 1. The van der Waals surface area contributed by atoms with Crippen molar-refractivity contribution in [3.8, 4) is 0 Å². The first-order valence-corrected chi connectivity index (χ1v) is 7.98. The average Bonchev–Trinajstić information content (AvgIpc) is 2.44. The summed E-state index contributed by atoms with van der Waals surface area (Å²) in [7, 11) is -3.50. The molecule has 0 aliphatic carbocycles. The molecule has 1 N–H and O–H groups in total. The molecule has 0 amide bonds. The van der Waals surface area contributed by atoms with Crippen molar-refractivity contribution in [3.63, 3.8) is 0 Å². The van der Waals surface area contributed by atoms with Gasteiger partial charge in [-0.2, -0.15) is 8.42 Å². The fourth-order valence-electron chi connectivity index (χ4n) is 2.64. The molecule has 3 rings (SSSR count). The summed E-state index contributed by atoms with van der Waals surface area (Å²) in [5, 5.41) is 3.34. The van der Waals surface area contributed by atoms with Gasteiger partial charge < -0.3 is 10.2 Å². The number of sulfonamides is 1. The molecule has 19 heavy (non-hydrogen) atoms. The van der Waals surface area contributed by atoms with Crippen molar-refractivity contribution in [1.29, 1.82) is 0 Å². The van der Waals surface area contributed by atoms with Gasteiger partial charge in [0.25, 0.3) is 10.0 Å². The smallest absolute Gasteiger partial charge is 0.285 e. The second kappa shape index (κ2) is 4.94. The molecule has 0 radical (unpaired) electrons. The number of rotatable bonds is 2. The summed E-state index contributed by atoms with van der Waals surface area (Å²) in [6.07, 6.45) is 3.71. The van der Waals surface area contributed by atoms with E-state index in [1.807, 2.05) is 17.0 Å². The van der Waals surface area contributed by atoms with E-state index in [4.69, 9.17) is 0 Å². The van der Waals surface area contributed by atoms with Crippen LogP contribution in [-0.4, -0.2) is 34.4 Å². The maximum absolute atomic E-state index is 11.9. The number of nitrogens with one attached hydrogen (secondary N) is 1. The summed E-state index contributed by atoms with van der Waals surface area (Å²) < 4.78 is 27.5. The molecule has 1 aromatic carbocycles. The minimum Gasteiger partial charge on any atom is -0.330 e. The van der Waals surface area contributed by atoms with Crippen LogP contribution in [0.4, 0.5) is 5.69 Å². The van der Waals surface area contributed by atoms with E-state index in [1.54, 1.807) is 12.1 Å². The largest absolute Gasteiger partial charge is 0.330 e. The third-order valence-electron chi connectivity index (χ3n) is 3.69. The van der Waals surface area contributed by atoms with Crippen LogP contribution < -0.4 is 10.2 Å². The molecule has 1 fully saturated rings. The number of fused-ring (bicyclic) bond motifs is 1. The van der Waals surface area contributed by atoms with Crippen LogP contribution in [-0.2, 0) is 10.0 Å². The zero-order chi connectivity index (χ0) is 13.3. The lowest BCUT2D eigenvalue weighted by Gasteiger charge is -2.31. The summed E-state index contributed by atoms with van der Waals surface area (Å²) in [4.78, 5) is 2.28. The highest BCUT2D eigenvalue weighted by atomic mass is 32.2. The molecular formula is C13H17N3O2S. The summed E-state index contributed by atoms with van der Waals surface area (Å²) in [5.41, 5.74) is 0.746. The summed E-state index contributed by atoms with van der Waals surface area (Å²) in [5.74, 6) is 0.585. The molecule has 0 bridgehead atoms. The van der Waals surface area contributed by atoms with Gasteiger partial charge in [0, 0.05) is 6.54 Å². The third kappa shape index (κ3) is 2.50. The van der Waals surface area contributed by atoms with Crippen LogP contribution in [0.2, 0.25) is 0 Å². The molecule has 2 heterocycles. The van der Waals surface area contributed by atoms with E-state index in [2.05, 4.69) is 9.71 Å². The number of benzene rings is 1. The van der Waals surface area contributed by atoms with Crippen LogP contribution in [0.1, 0.15) is 12.8 Å². The normalized spacial score (nSPS) is 22.2. The van der Waals surface area contributed by atoms with Gasteiger partial charge in [-0.3, -0.25) is 0 Å². The van der Waals surface area contributed by atoms with Gasteiger partial charge >= 0.3 is 0 Å². The van der Waals surface area contributed by atoms with Crippen LogP contribution in [0.3, 0.4) is 0 Å². The zero-order valence-electron chi connectivity index (χ0n) is 10.6. The van der Waals surface area contributed by atoms with Crippen molar-refractivity contribution in [2.75, 3.05) is 24.5 Å². The van der Waals surface area contributed by atoms with Crippen molar-refractivity contribution < 1.29 is 8.42 Å². The van der Waals surface area contributed by atoms with Crippen LogP contribution in [0, 0.1) is 5.92 Å². The molecule has 1 aromatic rings. The van der Waals surface area contributed by atoms with Gasteiger partial charge in [-0.1, -0.05) is 12.1 Å². The Labute approximate surface area is 113 Å². The maximum Gasteiger partial charge on any atom is 0.285 e. The zero-order valence-corrected chi connectivity index (χ0v) is 11.4. The minimum atomic E-state index is -3.50. The van der Waals surface area contributed by atoms with Crippen molar-refractivity contribution >= 4 is 22.0 Å². The van der Waals surface area contributed by atoms with Gasteiger partial charge in [-0.05, 0) is 44.0 Å².